The number of carbonyl (C=O) groups is 1. The number of anilines is 1. The molecule has 3 heterocycles. The van der Waals surface area contributed by atoms with Gasteiger partial charge in [-0.1, -0.05) is 12.1 Å². The second-order valence-corrected chi connectivity index (χ2v) is 6.61. The van der Waals surface area contributed by atoms with Crippen LogP contribution in [0.2, 0.25) is 0 Å². The number of imidazole rings is 1. The van der Waals surface area contributed by atoms with Gasteiger partial charge in [-0.2, -0.15) is 0 Å². The summed E-state index contributed by atoms with van der Waals surface area (Å²) in [7, 11) is 0. The van der Waals surface area contributed by atoms with Crippen molar-refractivity contribution in [3.63, 3.8) is 0 Å². The molecule has 1 aromatic carbocycles. The summed E-state index contributed by atoms with van der Waals surface area (Å²) in [6, 6.07) is 9.06. The van der Waals surface area contributed by atoms with Crippen LogP contribution in [0.1, 0.15) is 28.5 Å². The number of nitrogens with one attached hydrogen (secondary N) is 1. The highest BCUT2D eigenvalue weighted by Gasteiger charge is 2.34. The molecule has 1 fully saturated rings. The quantitative estimate of drug-likeness (QED) is 0.729. The van der Waals surface area contributed by atoms with Crippen molar-refractivity contribution in [1.82, 2.24) is 19.9 Å². The Morgan fingerprint density at radius 2 is 2.14 bits per heavy atom. The fourth-order valence-corrected chi connectivity index (χ4v) is 3.49. The maximum Gasteiger partial charge on any atom is 0.271 e. The number of aromatic nitrogens is 3. The van der Waals surface area contributed by atoms with E-state index < -0.39 is 18.8 Å². The Morgan fingerprint density at radius 1 is 1.29 bits per heavy atom. The molecule has 9 heteroatoms. The van der Waals surface area contributed by atoms with Crippen LogP contribution < -0.4 is 10.2 Å². The van der Waals surface area contributed by atoms with Crippen LogP contribution in [-0.2, 0) is 0 Å². The number of fused-ring (bicyclic) bond motifs is 1. The molecule has 0 radical (unpaired) electrons. The van der Waals surface area contributed by atoms with Crippen LogP contribution >= 0.6 is 0 Å². The molecule has 1 N–H and O–H groups in total. The molecule has 146 valence electrons. The van der Waals surface area contributed by atoms with Crippen LogP contribution in [0, 0.1) is 5.82 Å². The van der Waals surface area contributed by atoms with Gasteiger partial charge in [0.15, 0.2) is 11.3 Å². The summed E-state index contributed by atoms with van der Waals surface area (Å²) < 4.78 is 41.5. The molecule has 0 saturated carbocycles. The Bertz CT molecular complexity index is 1010. The maximum absolute atomic E-state index is 14.2. The number of halogens is 3. The van der Waals surface area contributed by atoms with Crippen LogP contribution in [0.25, 0.3) is 5.65 Å². The minimum absolute atomic E-state index is 0.108. The Kier molecular flexibility index (Phi) is 4.89. The molecule has 0 spiro atoms. The summed E-state index contributed by atoms with van der Waals surface area (Å²) in [5.41, 5.74) is 1.25. The lowest BCUT2D eigenvalue weighted by Gasteiger charge is -2.25. The van der Waals surface area contributed by atoms with Crippen molar-refractivity contribution < 1.29 is 18.0 Å². The first-order chi connectivity index (χ1) is 13.6. The van der Waals surface area contributed by atoms with Crippen molar-refractivity contribution in [2.24, 2.45) is 0 Å². The highest BCUT2D eigenvalue weighted by atomic mass is 19.1. The maximum atomic E-state index is 14.2. The topological polar surface area (TPSA) is 62.5 Å². The van der Waals surface area contributed by atoms with Gasteiger partial charge in [0, 0.05) is 13.0 Å². The fraction of sp³-hybridized carbons (Fsp3) is 0.316. The number of hydrogen-bond acceptors (Lipinski definition) is 4. The highest BCUT2D eigenvalue weighted by Crippen LogP contribution is 2.36. The lowest BCUT2D eigenvalue weighted by molar-refractivity contribution is 0.0944. The standard InChI is InChI=1S/C19H18F3N5O/c20-6-7-23-19(28)16-10-24-17-4-5-18(25-27(16)17)26-11-14(22)9-15(26)12-2-1-3-13(21)8-12/h1-5,8,10,14-15H,6-7,9,11H2,(H,23,28)/t14-,15?/m0/s1. The molecule has 1 unspecified atom stereocenters. The first-order valence-electron chi connectivity index (χ1n) is 8.92. The van der Waals surface area contributed by atoms with Crippen LogP contribution in [0.5, 0.6) is 0 Å². The van der Waals surface area contributed by atoms with Crippen LogP contribution in [0.4, 0.5) is 19.0 Å². The predicted molar refractivity (Wildman–Crippen MR) is 97.3 cm³/mol. The van der Waals surface area contributed by atoms with E-state index in [-0.39, 0.29) is 37.1 Å². The van der Waals surface area contributed by atoms with Gasteiger partial charge >= 0.3 is 0 Å². The van der Waals surface area contributed by atoms with E-state index >= 15 is 0 Å². The summed E-state index contributed by atoms with van der Waals surface area (Å²) >= 11 is 0. The number of amides is 1. The second kappa shape index (κ2) is 7.49. The molecule has 6 nitrogen and oxygen atoms in total. The number of benzene rings is 1. The van der Waals surface area contributed by atoms with Crippen LogP contribution in [-0.4, -0.2) is 46.4 Å². The SMILES string of the molecule is O=C(NCCF)c1cnc2ccc(N3C[C@@H](F)CC3c3cccc(F)c3)nn12. The molecule has 1 amide bonds. The molecular weight excluding hydrogens is 371 g/mol. The van der Waals surface area contributed by atoms with E-state index in [1.165, 1.54) is 22.8 Å². The van der Waals surface area contributed by atoms with Gasteiger partial charge in [-0.3, -0.25) is 4.79 Å². The number of carbonyl (C=O) groups excluding carboxylic acids is 1. The molecule has 0 aliphatic carbocycles. The molecule has 0 bridgehead atoms. The monoisotopic (exact) mass is 389 g/mol. The van der Waals surface area contributed by atoms with Crippen molar-refractivity contribution in [3.8, 4) is 0 Å². The lowest BCUT2D eigenvalue weighted by atomic mass is 10.0. The molecule has 1 aliphatic heterocycles. The number of alkyl halides is 2. The van der Waals surface area contributed by atoms with Crippen molar-refractivity contribution >= 4 is 17.4 Å². The van der Waals surface area contributed by atoms with E-state index in [0.717, 1.165) is 0 Å². The normalized spacial score (nSPS) is 19.3. The summed E-state index contributed by atoms with van der Waals surface area (Å²) in [6.45, 7) is -0.678. The molecule has 1 saturated heterocycles. The summed E-state index contributed by atoms with van der Waals surface area (Å²) in [4.78, 5) is 18.1. The van der Waals surface area contributed by atoms with E-state index in [1.54, 1.807) is 29.2 Å². The van der Waals surface area contributed by atoms with Crippen molar-refractivity contribution in [1.29, 1.82) is 0 Å². The van der Waals surface area contributed by atoms with Gasteiger partial charge in [-0.25, -0.2) is 22.7 Å². The average Bonchev–Trinajstić information content (AvgIpc) is 3.29. The Balaban J connectivity index is 1.70. The third-order valence-electron chi connectivity index (χ3n) is 4.74. The fourth-order valence-electron chi connectivity index (χ4n) is 3.49. The lowest BCUT2D eigenvalue weighted by Crippen LogP contribution is -2.28. The Labute approximate surface area is 159 Å². The third-order valence-corrected chi connectivity index (χ3v) is 4.74. The number of nitrogens with zero attached hydrogens (tertiary/aromatic N) is 4. The van der Waals surface area contributed by atoms with Crippen molar-refractivity contribution in [2.45, 2.75) is 18.6 Å². The zero-order valence-corrected chi connectivity index (χ0v) is 14.9. The Morgan fingerprint density at radius 3 is 2.93 bits per heavy atom. The Hall–Kier alpha value is -3.10. The predicted octanol–water partition coefficient (Wildman–Crippen LogP) is 2.86. The molecule has 2 atom stereocenters. The first-order valence-corrected chi connectivity index (χ1v) is 8.92. The van der Waals surface area contributed by atoms with E-state index in [4.69, 9.17) is 0 Å². The number of hydrogen-bond donors (Lipinski definition) is 1. The highest BCUT2D eigenvalue weighted by molar-refractivity contribution is 5.93. The first kappa shape index (κ1) is 18.3. The van der Waals surface area contributed by atoms with Gasteiger partial charge in [-0.05, 0) is 29.8 Å². The van der Waals surface area contributed by atoms with Gasteiger partial charge < -0.3 is 10.2 Å². The van der Waals surface area contributed by atoms with E-state index in [0.29, 0.717) is 17.0 Å². The van der Waals surface area contributed by atoms with E-state index in [2.05, 4.69) is 15.4 Å². The van der Waals surface area contributed by atoms with Crippen LogP contribution in [0.3, 0.4) is 0 Å². The zero-order chi connectivity index (χ0) is 19.7. The minimum Gasteiger partial charge on any atom is -0.348 e. The van der Waals surface area contributed by atoms with Crippen molar-refractivity contribution in [2.75, 3.05) is 24.7 Å². The summed E-state index contributed by atoms with van der Waals surface area (Å²) in [5, 5.41) is 6.88. The molecule has 3 aromatic rings. The average molecular weight is 389 g/mol. The smallest absolute Gasteiger partial charge is 0.271 e. The van der Waals surface area contributed by atoms with Gasteiger partial charge in [0.05, 0.1) is 18.8 Å². The molecule has 2 aromatic heterocycles. The van der Waals surface area contributed by atoms with E-state index in [1.807, 2.05) is 0 Å². The van der Waals surface area contributed by atoms with E-state index in [9.17, 15) is 18.0 Å². The van der Waals surface area contributed by atoms with Gasteiger partial charge in [0.25, 0.3) is 5.91 Å². The second-order valence-electron chi connectivity index (χ2n) is 6.61. The molecule has 28 heavy (non-hydrogen) atoms. The van der Waals surface area contributed by atoms with Gasteiger partial charge in [0.2, 0.25) is 0 Å². The van der Waals surface area contributed by atoms with Gasteiger partial charge in [0.1, 0.15) is 24.5 Å². The number of rotatable bonds is 5. The molecule has 1 aliphatic rings. The minimum atomic E-state index is -1.08. The summed E-state index contributed by atoms with van der Waals surface area (Å²) in [6.07, 6.45) is 0.490. The third kappa shape index (κ3) is 3.39. The van der Waals surface area contributed by atoms with Crippen LogP contribution in [0.15, 0.2) is 42.6 Å². The zero-order valence-electron chi connectivity index (χ0n) is 14.9. The van der Waals surface area contributed by atoms with Gasteiger partial charge in [-0.15, -0.1) is 5.10 Å². The summed E-state index contributed by atoms with van der Waals surface area (Å²) in [5.74, 6) is -0.440. The molecular formula is C19H18F3N5O. The molecule has 4 rings (SSSR count). The van der Waals surface area contributed by atoms with Crippen molar-refractivity contribution in [3.05, 3.63) is 59.7 Å². The largest absolute Gasteiger partial charge is 0.348 e.